The number of aromatic amines is 2. The molecule has 6 aromatic rings. The lowest BCUT2D eigenvalue weighted by Gasteiger charge is -2.11. The van der Waals surface area contributed by atoms with Crippen LogP contribution in [0.25, 0.3) is 50.7 Å². The lowest BCUT2D eigenvalue weighted by molar-refractivity contribution is -0.119. The average molecular weight is 505 g/mol. The molecule has 0 atom stereocenters. The Hall–Kier alpha value is -4.93. The number of anilines is 1. The molecule has 0 radical (unpaired) electrons. The molecule has 188 valence electrons. The highest BCUT2D eigenvalue weighted by molar-refractivity contribution is 5.94. The van der Waals surface area contributed by atoms with Gasteiger partial charge in [0.1, 0.15) is 17.4 Å². The van der Waals surface area contributed by atoms with Crippen LogP contribution in [0.15, 0.2) is 55.4 Å². The molecule has 1 aliphatic carbocycles. The van der Waals surface area contributed by atoms with E-state index < -0.39 is 0 Å². The summed E-state index contributed by atoms with van der Waals surface area (Å²) < 4.78 is 1.85. The normalized spacial score (nSPS) is 14.0. The Kier molecular flexibility index (Phi) is 5.20. The lowest BCUT2D eigenvalue weighted by Crippen LogP contribution is -2.20. The van der Waals surface area contributed by atoms with Gasteiger partial charge < -0.3 is 10.3 Å². The zero-order chi connectivity index (χ0) is 25.6. The zero-order valence-corrected chi connectivity index (χ0v) is 20.6. The van der Waals surface area contributed by atoms with Gasteiger partial charge in [-0.25, -0.2) is 19.9 Å². The van der Waals surface area contributed by atoms with Crippen molar-refractivity contribution in [2.45, 2.75) is 32.6 Å². The molecule has 3 N–H and O–H groups in total. The molecule has 0 saturated heterocycles. The molecule has 38 heavy (non-hydrogen) atoms. The number of amides is 1. The van der Waals surface area contributed by atoms with E-state index in [1.165, 1.54) is 0 Å². The molecule has 7 rings (SSSR count). The van der Waals surface area contributed by atoms with E-state index >= 15 is 0 Å². The second kappa shape index (κ2) is 8.87. The summed E-state index contributed by atoms with van der Waals surface area (Å²) in [5.74, 6) is 1.41. The summed E-state index contributed by atoms with van der Waals surface area (Å²) in [4.78, 5) is 38.9. The van der Waals surface area contributed by atoms with E-state index in [2.05, 4.69) is 35.5 Å². The molecule has 1 saturated carbocycles. The number of aryl methyl sites for hydroxylation is 1. The van der Waals surface area contributed by atoms with E-state index in [9.17, 15) is 4.79 Å². The van der Waals surface area contributed by atoms with Gasteiger partial charge in [0.05, 0.1) is 34.3 Å². The first-order valence-corrected chi connectivity index (χ1v) is 12.6. The van der Waals surface area contributed by atoms with Crippen molar-refractivity contribution in [1.29, 1.82) is 0 Å². The van der Waals surface area contributed by atoms with Crippen molar-refractivity contribution in [2.24, 2.45) is 5.92 Å². The van der Waals surface area contributed by atoms with Crippen molar-refractivity contribution in [2.75, 3.05) is 5.32 Å². The molecule has 6 heterocycles. The van der Waals surface area contributed by atoms with Gasteiger partial charge in [-0.05, 0) is 44.0 Å². The highest BCUT2D eigenvalue weighted by atomic mass is 16.1. The number of pyridine rings is 3. The van der Waals surface area contributed by atoms with Crippen LogP contribution in [0.5, 0.6) is 0 Å². The molecular formula is C27H24N10O. The van der Waals surface area contributed by atoms with Gasteiger partial charge in [0.25, 0.3) is 0 Å². The highest BCUT2D eigenvalue weighted by Gasteiger charge is 2.23. The van der Waals surface area contributed by atoms with E-state index in [1.807, 2.05) is 42.0 Å². The first-order chi connectivity index (χ1) is 18.6. The van der Waals surface area contributed by atoms with Crippen LogP contribution in [0, 0.1) is 12.8 Å². The molecule has 1 amide bonds. The largest absolute Gasteiger partial charge is 0.336 e. The second-order valence-corrected chi connectivity index (χ2v) is 9.64. The molecule has 0 spiro atoms. The maximum absolute atomic E-state index is 12.6. The molecule has 1 aliphatic rings. The minimum Gasteiger partial charge on any atom is -0.336 e. The summed E-state index contributed by atoms with van der Waals surface area (Å²) in [5.41, 5.74) is 6.69. The van der Waals surface area contributed by atoms with Crippen LogP contribution in [0.3, 0.4) is 0 Å². The Morgan fingerprint density at radius 1 is 1.05 bits per heavy atom. The summed E-state index contributed by atoms with van der Waals surface area (Å²) in [5, 5.41) is 10.6. The van der Waals surface area contributed by atoms with E-state index in [4.69, 9.17) is 9.97 Å². The van der Waals surface area contributed by atoms with E-state index in [1.54, 1.807) is 24.9 Å². The smallest absolute Gasteiger partial charge is 0.227 e. The van der Waals surface area contributed by atoms with Gasteiger partial charge in [0, 0.05) is 30.1 Å². The number of imidazole rings is 2. The molecule has 0 aromatic carbocycles. The van der Waals surface area contributed by atoms with E-state index in [0.29, 0.717) is 34.1 Å². The van der Waals surface area contributed by atoms with E-state index in [-0.39, 0.29) is 11.8 Å². The van der Waals surface area contributed by atoms with Crippen LogP contribution >= 0.6 is 0 Å². The van der Waals surface area contributed by atoms with Crippen LogP contribution in [-0.4, -0.2) is 50.6 Å². The summed E-state index contributed by atoms with van der Waals surface area (Å²) in [6.45, 7) is 1.93. The molecule has 0 aliphatic heterocycles. The fourth-order valence-corrected chi connectivity index (χ4v) is 5.07. The molecule has 6 aromatic heterocycles. The lowest BCUT2D eigenvalue weighted by atomic mass is 10.1. The number of rotatable bonds is 5. The Morgan fingerprint density at radius 3 is 2.79 bits per heavy atom. The number of H-pyrrole nitrogens is 2. The van der Waals surface area contributed by atoms with Gasteiger partial charge >= 0.3 is 0 Å². The molecule has 11 nitrogen and oxygen atoms in total. The number of fused-ring (bicyclic) bond motifs is 2. The zero-order valence-electron chi connectivity index (χ0n) is 20.6. The van der Waals surface area contributed by atoms with Crippen LogP contribution in [0.2, 0.25) is 0 Å². The minimum absolute atomic E-state index is 0.0616. The van der Waals surface area contributed by atoms with Gasteiger partial charge in [0.2, 0.25) is 5.91 Å². The van der Waals surface area contributed by atoms with Crippen molar-refractivity contribution in [3.63, 3.8) is 0 Å². The van der Waals surface area contributed by atoms with Crippen molar-refractivity contribution in [1.82, 2.24) is 44.7 Å². The van der Waals surface area contributed by atoms with Gasteiger partial charge in [-0.2, -0.15) is 5.10 Å². The van der Waals surface area contributed by atoms with Gasteiger partial charge in [-0.15, -0.1) is 0 Å². The summed E-state index contributed by atoms with van der Waals surface area (Å²) >= 11 is 0. The quantitative estimate of drug-likeness (QED) is 0.312. The van der Waals surface area contributed by atoms with E-state index in [0.717, 1.165) is 53.7 Å². The Labute approximate surface area is 216 Å². The van der Waals surface area contributed by atoms with Crippen LogP contribution in [0.1, 0.15) is 31.4 Å². The highest BCUT2D eigenvalue weighted by Crippen LogP contribution is 2.30. The van der Waals surface area contributed by atoms with Crippen LogP contribution in [0.4, 0.5) is 5.69 Å². The fraction of sp³-hybridized carbons (Fsp3) is 0.222. The van der Waals surface area contributed by atoms with Gasteiger partial charge in [-0.3, -0.25) is 19.4 Å². The van der Waals surface area contributed by atoms with Crippen LogP contribution in [-0.2, 0) is 4.79 Å². The molecule has 1 fully saturated rings. The monoisotopic (exact) mass is 504 g/mol. The molecular weight excluding hydrogens is 480 g/mol. The topological polar surface area (TPSA) is 143 Å². The van der Waals surface area contributed by atoms with Crippen molar-refractivity contribution < 1.29 is 4.79 Å². The van der Waals surface area contributed by atoms with Gasteiger partial charge in [-0.1, -0.05) is 12.8 Å². The number of aromatic nitrogens is 9. The van der Waals surface area contributed by atoms with Gasteiger partial charge in [0.15, 0.2) is 17.3 Å². The second-order valence-electron chi connectivity index (χ2n) is 9.64. The maximum atomic E-state index is 12.6. The Bertz CT molecular complexity index is 1810. The third-order valence-corrected chi connectivity index (χ3v) is 7.00. The predicted octanol–water partition coefficient (Wildman–Crippen LogP) is 4.58. The third-order valence-electron chi connectivity index (χ3n) is 7.00. The summed E-state index contributed by atoms with van der Waals surface area (Å²) in [7, 11) is 0. The van der Waals surface area contributed by atoms with Crippen LogP contribution < -0.4 is 5.32 Å². The number of nitrogens with zero attached hydrogens (tertiary/aromatic N) is 7. The van der Waals surface area contributed by atoms with Crippen molar-refractivity contribution >= 4 is 33.7 Å². The Balaban J connectivity index is 1.24. The molecule has 11 heteroatoms. The summed E-state index contributed by atoms with van der Waals surface area (Å²) in [6.07, 6.45) is 12.9. The predicted molar refractivity (Wildman–Crippen MR) is 142 cm³/mol. The average Bonchev–Trinajstić information content (AvgIpc) is 3.74. The first-order valence-electron chi connectivity index (χ1n) is 12.6. The standard InChI is InChI=1S/C27H24N10O/c1-15-13-37(14-30-15)26-23-20(8-9-29-26)33-25(34-23)24-22-21(35-36-24)7-6-19(32-22)17-10-18(12-28-11-17)31-27(38)16-4-2-3-5-16/h6-14,16H,2-5H2,1H3,(H,31,38)(H,33,34)(H,35,36). The minimum atomic E-state index is 0.0616. The number of carbonyl (C=O) groups is 1. The number of carbonyl (C=O) groups excluding carboxylic acids is 1. The molecule has 0 bridgehead atoms. The Morgan fingerprint density at radius 2 is 1.95 bits per heavy atom. The number of hydrogen-bond acceptors (Lipinski definition) is 7. The molecule has 0 unspecified atom stereocenters. The summed E-state index contributed by atoms with van der Waals surface area (Å²) in [6, 6.07) is 7.62. The van der Waals surface area contributed by atoms with Crippen molar-refractivity contribution in [3.8, 4) is 28.6 Å². The maximum Gasteiger partial charge on any atom is 0.227 e. The number of nitrogens with one attached hydrogen (secondary N) is 3. The number of hydrogen-bond donors (Lipinski definition) is 3. The van der Waals surface area contributed by atoms with Crippen molar-refractivity contribution in [3.05, 3.63) is 61.1 Å². The first kappa shape index (κ1) is 22.3. The third kappa shape index (κ3) is 3.88. The SMILES string of the molecule is Cc1cn(-c2nccc3[nH]c(-c4n[nH]c5ccc(-c6cncc(NC(=O)C7CCCC7)c6)nc45)nc23)cn1. The fourth-order valence-electron chi connectivity index (χ4n) is 5.07.